The van der Waals surface area contributed by atoms with Crippen molar-refractivity contribution in [1.29, 1.82) is 0 Å². The van der Waals surface area contributed by atoms with Crippen LogP contribution in [0.15, 0.2) is 60.2 Å². The number of carbonyl (C=O) groups is 1. The van der Waals surface area contributed by atoms with Crippen LogP contribution in [0, 0.1) is 6.92 Å². The summed E-state index contributed by atoms with van der Waals surface area (Å²) in [6.07, 6.45) is 7.25. The van der Waals surface area contributed by atoms with E-state index in [2.05, 4.69) is 41.1 Å². The molecule has 2 aromatic carbocycles. The van der Waals surface area contributed by atoms with Crippen LogP contribution >= 0.6 is 11.3 Å². The maximum atomic E-state index is 12.5. The lowest BCUT2D eigenvalue weighted by atomic mass is 10.2. The summed E-state index contributed by atoms with van der Waals surface area (Å²) in [5.74, 6) is 1.80. The normalized spacial score (nSPS) is 15.9. The number of thiazole rings is 1. The summed E-state index contributed by atoms with van der Waals surface area (Å²) in [7, 11) is 1.68. The zero-order valence-corrected chi connectivity index (χ0v) is 21.5. The molecule has 0 atom stereocenters. The number of methoxy groups -OCH3 is 1. The number of rotatable bonds is 6. The largest absolute Gasteiger partial charge is 0.493 e. The van der Waals surface area contributed by atoms with E-state index < -0.39 is 0 Å². The first-order valence-electron chi connectivity index (χ1n) is 12.4. The van der Waals surface area contributed by atoms with Crippen molar-refractivity contribution in [2.24, 2.45) is 0 Å². The van der Waals surface area contributed by atoms with E-state index in [0.29, 0.717) is 12.5 Å². The van der Waals surface area contributed by atoms with E-state index in [9.17, 15) is 4.79 Å². The Hall–Kier alpha value is -3.06. The van der Waals surface area contributed by atoms with Crippen LogP contribution in [-0.4, -0.2) is 55.2 Å². The highest BCUT2D eigenvalue weighted by molar-refractivity contribution is 7.09. The van der Waals surface area contributed by atoms with Gasteiger partial charge in [0.1, 0.15) is 0 Å². The van der Waals surface area contributed by atoms with Crippen LogP contribution in [0.1, 0.15) is 36.1 Å². The van der Waals surface area contributed by atoms with Crippen molar-refractivity contribution in [2.75, 3.05) is 38.2 Å². The standard InChI is InChI=1S/C21H27N3O3S.C7H8/c1-26-19-7-6-16(12-20(19)27-17-4-2-3-5-17)23-8-10-24(11-9-23)21(25)13-18-14-22-15-28-18;1-7-5-3-2-4-6-7/h6-7,12,14-15,17H,2-5,8-11,13H2,1H3;2-6H,1H3. The van der Waals surface area contributed by atoms with Crippen molar-refractivity contribution in [3.05, 3.63) is 70.7 Å². The first-order chi connectivity index (χ1) is 17.1. The summed E-state index contributed by atoms with van der Waals surface area (Å²) in [4.78, 5) is 21.8. The van der Waals surface area contributed by atoms with E-state index in [0.717, 1.165) is 61.1 Å². The molecule has 5 rings (SSSR count). The number of amides is 1. The van der Waals surface area contributed by atoms with Crippen LogP contribution in [0.3, 0.4) is 0 Å². The molecule has 0 radical (unpaired) electrons. The highest BCUT2D eigenvalue weighted by Gasteiger charge is 2.23. The molecule has 2 heterocycles. The Bertz CT molecular complexity index is 1040. The van der Waals surface area contributed by atoms with Crippen molar-refractivity contribution in [2.45, 2.75) is 45.1 Å². The number of anilines is 1. The minimum Gasteiger partial charge on any atom is -0.493 e. The Morgan fingerprint density at radius 2 is 1.77 bits per heavy atom. The monoisotopic (exact) mass is 493 g/mol. The van der Waals surface area contributed by atoms with Crippen LogP contribution in [-0.2, 0) is 11.2 Å². The minimum atomic E-state index is 0.184. The number of aryl methyl sites for hydroxylation is 1. The molecule has 1 saturated carbocycles. The molecule has 1 aromatic heterocycles. The third-order valence-corrected chi connectivity index (χ3v) is 7.27. The van der Waals surface area contributed by atoms with Crippen molar-refractivity contribution in [3.63, 3.8) is 0 Å². The molecule has 0 spiro atoms. The highest BCUT2D eigenvalue weighted by atomic mass is 32.1. The van der Waals surface area contributed by atoms with Crippen LogP contribution in [0.2, 0.25) is 0 Å². The Balaban J connectivity index is 0.000000356. The van der Waals surface area contributed by atoms with Crippen molar-refractivity contribution < 1.29 is 14.3 Å². The number of nitrogens with zero attached hydrogens (tertiary/aromatic N) is 3. The van der Waals surface area contributed by atoms with Gasteiger partial charge in [-0.1, -0.05) is 35.9 Å². The maximum absolute atomic E-state index is 12.5. The van der Waals surface area contributed by atoms with Crippen LogP contribution in [0.5, 0.6) is 11.5 Å². The first kappa shape index (κ1) is 25.0. The predicted octanol–water partition coefficient (Wildman–Crippen LogP) is 5.36. The predicted molar refractivity (Wildman–Crippen MR) is 142 cm³/mol. The summed E-state index contributed by atoms with van der Waals surface area (Å²) < 4.78 is 11.7. The van der Waals surface area contributed by atoms with Gasteiger partial charge in [-0.15, -0.1) is 11.3 Å². The van der Waals surface area contributed by atoms with E-state index in [4.69, 9.17) is 9.47 Å². The van der Waals surface area contributed by atoms with Crippen molar-refractivity contribution >= 4 is 22.9 Å². The van der Waals surface area contributed by atoms with Gasteiger partial charge in [-0.25, -0.2) is 0 Å². The summed E-state index contributed by atoms with van der Waals surface area (Å²) in [5, 5.41) is 0. The molecule has 0 unspecified atom stereocenters. The molecule has 2 fully saturated rings. The Labute approximate surface area is 212 Å². The molecule has 0 bridgehead atoms. The van der Waals surface area contributed by atoms with Gasteiger partial charge in [-0.2, -0.15) is 0 Å². The fourth-order valence-electron chi connectivity index (χ4n) is 4.48. The zero-order chi connectivity index (χ0) is 24.5. The second-order valence-corrected chi connectivity index (χ2v) is 10.00. The van der Waals surface area contributed by atoms with E-state index in [1.807, 2.05) is 29.2 Å². The Morgan fingerprint density at radius 3 is 2.37 bits per heavy atom. The van der Waals surface area contributed by atoms with E-state index in [-0.39, 0.29) is 5.91 Å². The quantitative estimate of drug-likeness (QED) is 0.463. The molecule has 2 aliphatic rings. The SMILES string of the molecule is COc1ccc(N2CCN(C(=O)Cc3cncs3)CC2)cc1OC1CCCC1.Cc1ccccc1. The van der Waals surface area contributed by atoms with Crippen LogP contribution < -0.4 is 14.4 Å². The molecule has 6 nitrogen and oxygen atoms in total. The lowest BCUT2D eigenvalue weighted by Crippen LogP contribution is -2.49. The number of hydrogen-bond acceptors (Lipinski definition) is 6. The molecule has 1 saturated heterocycles. The number of hydrogen-bond donors (Lipinski definition) is 0. The fourth-order valence-corrected chi connectivity index (χ4v) is 5.06. The molecule has 7 heteroatoms. The smallest absolute Gasteiger partial charge is 0.228 e. The topological polar surface area (TPSA) is 54.9 Å². The van der Waals surface area contributed by atoms with Gasteiger partial charge in [0.25, 0.3) is 0 Å². The zero-order valence-electron chi connectivity index (χ0n) is 20.7. The summed E-state index contributed by atoms with van der Waals surface area (Å²) in [6, 6.07) is 16.4. The van der Waals surface area contributed by atoms with Gasteiger partial charge in [-0.3, -0.25) is 9.78 Å². The number of aromatic nitrogens is 1. The Morgan fingerprint density at radius 1 is 1.03 bits per heavy atom. The minimum absolute atomic E-state index is 0.184. The lowest BCUT2D eigenvalue weighted by molar-refractivity contribution is -0.130. The average Bonchev–Trinajstić information content (AvgIpc) is 3.60. The van der Waals surface area contributed by atoms with Gasteiger partial charge in [0, 0.05) is 49.0 Å². The summed E-state index contributed by atoms with van der Waals surface area (Å²) in [5.41, 5.74) is 4.22. The van der Waals surface area contributed by atoms with Gasteiger partial charge < -0.3 is 19.3 Å². The molecule has 1 aliphatic heterocycles. The van der Waals surface area contributed by atoms with Gasteiger partial charge in [-0.05, 0) is 44.7 Å². The third-order valence-electron chi connectivity index (χ3n) is 6.49. The average molecular weight is 494 g/mol. The van der Waals surface area contributed by atoms with E-state index in [1.54, 1.807) is 18.8 Å². The van der Waals surface area contributed by atoms with E-state index in [1.165, 1.54) is 29.7 Å². The van der Waals surface area contributed by atoms with Gasteiger partial charge >= 0.3 is 0 Å². The summed E-state index contributed by atoms with van der Waals surface area (Å²) >= 11 is 1.54. The maximum Gasteiger partial charge on any atom is 0.228 e. The number of ether oxygens (including phenoxy) is 2. The number of benzene rings is 2. The second kappa shape index (κ2) is 12.6. The molecular weight excluding hydrogens is 458 g/mol. The van der Waals surface area contributed by atoms with Crippen molar-refractivity contribution in [3.8, 4) is 11.5 Å². The number of carbonyl (C=O) groups excluding carboxylic acids is 1. The molecule has 1 amide bonds. The second-order valence-electron chi connectivity index (χ2n) is 9.03. The number of piperazine rings is 1. The molecule has 186 valence electrons. The van der Waals surface area contributed by atoms with Crippen molar-refractivity contribution in [1.82, 2.24) is 9.88 Å². The van der Waals surface area contributed by atoms with Gasteiger partial charge in [0.05, 0.1) is 25.1 Å². The van der Waals surface area contributed by atoms with Gasteiger partial charge in [0.15, 0.2) is 11.5 Å². The fraction of sp³-hybridized carbons (Fsp3) is 0.429. The lowest BCUT2D eigenvalue weighted by Gasteiger charge is -2.36. The molecule has 1 aliphatic carbocycles. The third kappa shape index (κ3) is 7.21. The molecule has 0 N–H and O–H groups in total. The van der Waals surface area contributed by atoms with Crippen LogP contribution in [0.25, 0.3) is 0 Å². The first-order valence-corrected chi connectivity index (χ1v) is 13.3. The molecule has 3 aromatic rings. The Kier molecular flexibility index (Phi) is 9.01. The highest BCUT2D eigenvalue weighted by Crippen LogP contribution is 2.35. The summed E-state index contributed by atoms with van der Waals surface area (Å²) in [6.45, 7) is 5.21. The van der Waals surface area contributed by atoms with Gasteiger partial charge in [0.2, 0.25) is 5.91 Å². The molecular formula is C28H35N3O3S. The molecule has 35 heavy (non-hydrogen) atoms. The van der Waals surface area contributed by atoms with Crippen LogP contribution in [0.4, 0.5) is 5.69 Å². The van der Waals surface area contributed by atoms with E-state index >= 15 is 0 Å².